The van der Waals surface area contributed by atoms with Crippen LogP contribution in [0.2, 0.25) is 0 Å². The number of halogens is 1. The van der Waals surface area contributed by atoms with Crippen LogP contribution < -0.4 is 15.0 Å². The third-order valence-corrected chi connectivity index (χ3v) is 5.01. The molecule has 1 aromatic heterocycles. The Hall–Kier alpha value is -3.22. The van der Waals surface area contributed by atoms with Gasteiger partial charge >= 0.3 is 0 Å². The second-order valence-electron chi connectivity index (χ2n) is 7.06. The molecule has 3 aromatic rings. The molecule has 1 aliphatic heterocycles. The molecule has 0 aliphatic carbocycles. The monoisotopic (exact) mass is 394 g/mol. The van der Waals surface area contributed by atoms with E-state index in [9.17, 15) is 9.18 Å². The smallest absolute Gasteiger partial charge is 0.258 e. The van der Waals surface area contributed by atoms with Gasteiger partial charge in [-0.3, -0.25) is 4.79 Å². The maximum absolute atomic E-state index is 13.1. The van der Waals surface area contributed by atoms with Crippen LogP contribution in [0.5, 0.6) is 5.88 Å². The van der Waals surface area contributed by atoms with E-state index in [-0.39, 0.29) is 17.6 Å². The van der Waals surface area contributed by atoms with E-state index in [1.807, 2.05) is 31.2 Å². The molecule has 0 radical (unpaired) electrons. The van der Waals surface area contributed by atoms with Gasteiger partial charge in [-0.1, -0.05) is 12.1 Å². The topological polar surface area (TPSA) is 67.4 Å². The molecule has 1 atom stereocenters. The predicted octanol–water partition coefficient (Wildman–Crippen LogP) is 4.02. The summed E-state index contributed by atoms with van der Waals surface area (Å²) in [6.45, 7) is 3.71. The predicted molar refractivity (Wildman–Crippen MR) is 111 cm³/mol. The summed E-state index contributed by atoms with van der Waals surface area (Å²) in [6, 6.07) is 13.5. The molecule has 1 N–H and O–H groups in total. The average molecular weight is 394 g/mol. The van der Waals surface area contributed by atoms with Gasteiger partial charge in [0.1, 0.15) is 5.82 Å². The van der Waals surface area contributed by atoms with Crippen molar-refractivity contribution in [3.8, 4) is 5.88 Å². The molecule has 7 heteroatoms. The van der Waals surface area contributed by atoms with E-state index in [2.05, 4.69) is 15.2 Å². The lowest BCUT2D eigenvalue weighted by Gasteiger charge is -2.33. The summed E-state index contributed by atoms with van der Waals surface area (Å²) in [7, 11) is 0. The fourth-order valence-electron chi connectivity index (χ4n) is 3.58. The zero-order valence-electron chi connectivity index (χ0n) is 16.3. The number of rotatable bonds is 5. The summed E-state index contributed by atoms with van der Waals surface area (Å²) in [4.78, 5) is 24.2. The van der Waals surface area contributed by atoms with E-state index < -0.39 is 0 Å². The van der Waals surface area contributed by atoms with Crippen LogP contribution in [-0.2, 0) is 4.79 Å². The Bertz CT molecular complexity index is 1010. The van der Waals surface area contributed by atoms with Crippen molar-refractivity contribution in [2.45, 2.75) is 19.8 Å². The number of amides is 1. The van der Waals surface area contributed by atoms with Crippen LogP contribution in [0, 0.1) is 11.7 Å². The first-order valence-electron chi connectivity index (χ1n) is 9.85. The number of piperidine rings is 1. The van der Waals surface area contributed by atoms with Crippen molar-refractivity contribution in [1.29, 1.82) is 0 Å². The van der Waals surface area contributed by atoms with Crippen LogP contribution in [0.4, 0.5) is 15.9 Å². The number of nitrogens with one attached hydrogen (secondary N) is 1. The lowest BCUT2D eigenvalue weighted by Crippen LogP contribution is -2.41. The minimum atomic E-state index is -0.329. The van der Waals surface area contributed by atoms with Crippen LogP contribution in [0.1, 0.15) is 19.8 Å². The number of anilines is 2. The molecule has 2 heterocycles. The van der Waals surface area contributed by atoms with E-state index in [4.69, 9.17) is 9.72 Å². The second kappa shape index (κ2) is 8.43. The van der Waals surface area contributed by atoms with E-state index in [1.165, 1.54) is 12.1 Å². The maximum atomic E-state index is 13.1. The van der Waals surface area contributed by atoms with E-state index in [0.29, 0.717) is 30.5 Å². The maximum Gasteiger partial charge on any atom is 0.258 e. The fraction of sp³-hybridized carbons (Fsp3) is 0.318. The highest BCUT2D eigenvalue weighted by Crippen LogP contribution is 2.31. The SMILES string of the molecule is CCOc1nc2ccccc2nc1N1CCC[C@H](C(=O)Nc2ccc(F)cc2)C1. The number of ether oxygens (including phenoxy) is 1. The summed E-state index contributed by atoms with van der Waals surface area (Å²) >= 11 is 0. The molecule has 150 valence electrons. The minimum absolute atomic E-state index is 0.0759. The number of hydrogen-bond donors (Lipinski definition) is 1. The normalized spacial score (nSPS) is 16.6. The quantitative estimate of drug-likeness (QED) is 0.708. The second-order valence-corrected chi connectivity index (χ2v) is 7.06. The Morgan fingerprint density at radius 2 is 1.90 bits per heavy atom. The standard InChI is InChI=1S/C22H23FN4O2/c1-2-29-22-20(25-18-7-3-4-8-19(18)26-22)27-13-5-6-15(14-27)21(28)24-17-11-9-16(23)10-12-17/h3-4,7-12,15H,2,5-6,13-14H2,1H3,(H,24,28)/t15-/m0/s1. The average Bonchev–Trinajstić information content (AvgIpc) is 2.75. The van der Waals surface area contributed by atoms with Gasteiger partial charge in [0.25, 0.3) is 5.88 Å². The molecule has 0 spiro atoms. The molecule has 0 unspecified atom stereocenters. The zero-order valence-corrected chi connectivity index (χ0v) is 16.3. The van der Waals surface area contributed by atoms with Crippen LogP contribution in [0.25, 0.3) is 11.0 Å². The van der Waals surface area contributed by atoms with Gasteiger partial charge in [-0.15, -0.1) is 0 Å². The number of fused-ring (bicyclic) bond motifs is 1. The van der Waals surface area contributed by atoms with Gasteiger partial charge in [-0.05, 0) is 56.2 Å². The number of hydrogen-bond acceptors (Lipinski definition) is 5. The summed E-state index contributed by atoms with van der Waals surface area (Å²) in [6.07, 6.45) is 1.65. The lowest BCUT2D eigenvalue weighted by molar-refractivity contribution is -0.120. The number of benzene rings is 2. The van der Waals surface area contributed by atoms with Gasteiger partial charge in [-0.25, -0.2) is 14.4 Å². The van der Waals surface area contributed by atoms with Crippen molar-refractivity contribution in [1.82, 2.24) is 9.97 Å². The highest BCUT2D eigenvalue weighted by Gasteiger charge is 2.29. The van der Waals surface area contributed by atoms with Gasteiger partial charge in [0.15, 0.2) is 5.82 Å². The first kappa shape index (κ1) is 19.1. The molecular weight excluding hydrogens is 371 g/mol. The Morgan fingerprint density at radius 1 is 1.17 bits per heavy atom. The molecular formula is C22H23FN4O2. The number of para-hydroxylation sites is 2. The zero-order chi connectivity index (χ0) is 20.2. The number of aromatic nitrogens is 2. The summed E-state index contributed by atoms with van der Waals surface area (Å²) < 4.78 is 18.8. The third-order valence-electron chi connectivity index (χ3n) is 5.01. The Morgan fingerprint density at radius 3 is 2.62 bits per heavy atom. The van der Waals surface area contributed by atoms with Crippen LogP contribution in [-0.4, -0.2) is 35.6 Å². The van der Waals surface area contributed by atoms with Crippen LogP contribution in [0.3, 0.4) is 0 Å². The molecule has 1 saturated heterocycles. The molecule has 2 aromatic carbocycles. The van der Waals surface area contributed by atoms with Crippen molar-refractivity contribution in [3.05, 3.63) is 54.3 Å². The molecule has 6 nitrogen and oxygen atoms in total. The van der Waals surface area contributed by atoms with Crippen molar-refractivity contribution in [2.75, 3.05) is 29.9 Å². The van der Waals surface area contributed by atoms with Crippen LogP contribution in [0.15, 0.2) is 48.5 Å². The van der Waals surface area contributed by atoms with Crippen molar-refractivity contribution in [3.63, 3.8) is 0 Å². The van der Waals surface area contributed by atoms with Gasteiger partial charge < -0.3 is 15.0 Å². The summed E-state index contributed by atoms with van der Waals surface area (Å²) in [5, 5.41) is 2.88. The molecule has 29 heavy (non-hydrogen) atoms. The first-order chi connectivity index (χ1) is 14.1. The lowest BCUT2D eigenvalue weighted by atomic mass is 9.97. The Balaban J connectivity index is 1.55. The van der Waals surface area contributed by atoms with Gasteiger partial charge in [0.2, 0.25) is 5.91 Å². The molecule has 4 rings (SSSR count). The molecule has 1 aliphatic rings. The highest BCUT2D eigenvalue weighted by molar-refractivity contribution is 5.93. The van der Waals surface area contributed by atoms with Gasteiger partial charge in [-0.2, -0.15) is 0 Å². The molecule has 1 amide bonds. The first-order valence-corrected chi connectivity index (χ1v) is 9.85. The van der Waals surface area contributed by atoms with Crippen LogP contribution >= 0.6 is 0 Å². The van der Waals surface area contributed by atoms with Gasteiger partial charge in [0.05, 0.1) is 23.6 Å². The summed E-state index contributed by atoms with van der Waals surface area (Å²) in [5.74, 6) is 0.561. The molecule has 0 saturated carbocycles. The molecule has 1 fully saturated rings. The Labute approximate surface area is 168 Å². The van der Waals surface area contributed by atoms with E-state index >= 15 is 0 Å². The number of nitrogens with zero attached hydrogens (tertiary/aromatic N) is 3. The van der Waals surface area contributed by atoms with E-state index in [1.54, 1.807) is 12.1 Å². The van der Waals surface area contributed by atoms with Crippen molar-refractivity contribution >= 4 is 28.4 Å². The Kier molecular flexibility index (Phi) is 5.55. The third kappa shape index (κ3) is 4.29. The highest BCUT2D eigenvalue weighted by atomic mass is 19.1. The van der Waals surface area contributed by atoms with Gasteiger partial charge in [0, 0.05) is 18.8 Å². The number of carbonyl (C=O) groups is 1. The molecule has 0 bridgehead atoms. The van der Waals surface area contributed by atoms with E-state index in [0.717, 1.165) is 30.4 Å². The summed E-state index contributed by atoms with van der Waals surface area (Å²) in [5.41, 5.74) is 2.17. The minimum Gasteiger partial charge on any atom is -0.475 e. The van der Waals surface area contributed by atoms with Crippen molar-refractivity contribution < 1.29 is 13.9 Å². The van der Waals surface area contributed by atoms with Crippen molar-refractivity contribution in [2.24, 2.45) is 5.92 Å². The largest absolute Gasteiger partial charge is 0.475 e. The fourth-order valence-corrected chi connectivity index (χ4v) is 3.58. The number of carbonyl (C=O) groups excluding carboxylic acids is 1.